The summed E-state index contributed by atoms with van der Waals surface area (Å²) in [6.45, 7) is 2.09. The molecule has 2 rings (SSSR count). The Balaban J connectivity index is 2.25. The molecule has 1 aliphatic carbocycles. The maximum atomic E-state index is 5.79. The van der Waals surface area contributed by atoms with Crippen molar-refractivity contribution in [1.29, 1.82) is 0 Å². The molecule has 1 heteroatoms. The maximum absolute atomic E-state index is 5.79. The lowest BCUT2D eigenvalue weighted by Gasteiger charge is -2.11. The molecule has 0 spiro atoms. The molecule has 0 aliphatic heterocycles. The van der Waals surface area contributed by atoms with Crippen LogP contribution in [0.4, 0.5) is 5.69 Å². The molecule has 1 aliphatic rings. The van der Waals surface area contributed by atoms with Gasteiger partial charge in [0.2, 0.25) is 0 Å². The van der Waals surface area contributed by atoms with Crippen molar-refractivity contribution in [3.8, 4) is 0 Å². The Hall–Kier alpha value is -0.980. The van der Waals surface area contributed by atoms with Gasteiger partial charge in [-0.15, -0.1) is 0 Å². The molecule has 0 unspecified atom stereocenters. The van der Waals surface area contributed by atoms with Crippen molar-refractivity contribution in [3.63, 3.8) is 0 Å². The minimum atomic E-state index is 0.805. The summed E-state index contributed by atoms with van der Waals surface area (Å²) in [4.78, 5) is 0. The average molecular weight is 175 g/mol. The summed E-state index contributed by atoms with van der Waals surface area (Å²) < 4.78 is 0. The number of nitrogens with two attached hydrogens (primary N) is 1. The monoisotopic (exact) mass is 175 g/mol. The highest BCUT2D eigenvalue weighted by molar-refractivity contribution is 5.48. The lowest BCUT2D eigenvalue weighted by molar-refractivity contribution is 0.723. The van der Waals surface area contributed by atoms with Crippen molar-refractivity contribution in [2.24, 2.45) is 0 Å². The fourth-order valence-corrected chi connectivity index (χ4v) is 2.21. The van der Waals surface area contributed by atoms with Crippen LogP contribution in [0.25, 0.3) is 0 Å². The Labute approximate surface area is 80.0 Å². The topological polar surface area (TPSA) is 26.0 Å². The van der Waals surface area contributed by atoms with Gasteiger partial charge < -0.3 is 5.73 Å². The van der Waals surface area contributed by atoms with Crippen molar-refractivity contribution in [2.45, 2.75) is 38.5 Å². The van der Waals surface area contributed by atoms with Crippen LogP contribution >= 0.6 is 0 Å². The molecule has 1 saturated carbocycles. The smallest absolute Gasteiger partial charge is 0.0343 e. The van der Waals surface area contributed by atoms with E-state index in [1.807, 2.05) is 6.07 Å². The number of aryl methyl sites for hydroxylation is 1. The van der Waals surface area contributed by atoms with E-state index in [4.69, 9.17) is 5.73 Å². The Kier molecular flexibility index (Phi) is 2.26. The summed E-state index contributed by atoms with van der Waals surface area (Å²) in [7, 11) is 0. The summed E-state index contributed by atoms with van der Waals surface area (Å²) in [5.41, 5.74) is 9.42. The van der Waals surface area contributed by atoms with Gasteiger partial charge in [-0.2, -0.15) is 0 Å². The van der Waals surface area contributed by atoms with Crippen molar-refractivity contribution in [1.82, 2.24) is 0 Å². The number of anilines is 1. The summed E-state index contributed by atoms with van der Waals surface area (Å²) in [5, 5.41) is 0. The van der Waals surface area contributed by atoms with Crippen LogP contribution in [-0.2, 0) is 0 Å². The van der Waals surface area contributed by atoms with Gasteiger partial charge in [0, 0.05) is 5.69 Å². The van der Waals surface area contributed by atoms with Crippen LogP contribution in [0.5, 0.6) is 0 Å². The van der Waals surface area contributed by atoms with Crippen LogP contribution in [0.2, 0.25) is 0 Å². The molecule has 0 amide bonds. The Bertz CT molecular complexity index is 298. The molecule has 0 radical (unpaired) electrons. The van der Waals surface area contributed by atoms with Gasteiger partial charge in [-0.3, -0.25) is 0 Å². The zero-order chi connectivity index (χ0) is 9.26. The first-order valence-electron chi connectivity index (χ1n) is 5.13. The van der Waals surface area contributed by atoms with Crippen LogP contribution in [-0.4, -0.2) is 0 Å². The SMILES string of the molecule is Cc1cc(C2CCCC2)ccc1N. The van der Waals surface area contributed by atoms with Gasteiger partial charge in [0.1, 0.15) is 0 Å². The first kappa shape index (κ1) is 8.61. The normalized spacial score (nSPS) is 17.9. The van der Waals surface area contributed by atoms with Gasteiger partial charge >= 0.3 is 0 Å². The average Bonchev–Trinajstić information content (AvgIpc) is 2.62. The predicted octanol–water partition coefficient (Wildman–Crippen LogP) is 3.23. The van der Waals surface area contributed by atoms with Crippen LogP contribution in [0.1, 0.15) is 42.7 Å². The van der Waals surface area contributed by atoms with E-state index >= 15 is 0 Å². The number of hydrogen-bond donors (Lipinski definition) is 1. The van der Waals surface area contributed by atoms with Gasteiger partial charge in [0.15, 0.2) is 0 Å². The van der Waals surface area contributed by atoms with E-state index in [1.54, 1.807) is 0 Å². The first-order chi connectivity index (χ1) is 6.27. The zero-order valence-electron chi connectivity index (χ0n) is 8.22. The molecule has 0 atom stereocenters. The fourth-order valence-electron chi connectivity index (χ4n) is 2.21. The van der Waals surface area contributed by atoms with Gasteiger partial charge in [-0.1, -0.05) is 25.0 Å². The molecule has 13 heavy (non-hydrogen) atoms. The Morgan fingerprint density at radius 2 is 1.92 bits per heavy atom. The highest BCUT2D eigenvalue weighted by atomic mass is 14.5. The van der Waals surface area contributed by atoms with E-state index in [9.17, 15) is 0 Å². The molecule has 0 bridgehead atoms. The largest absolute Gasteiger partial charge is 0.399 e. The van der Waals surface area contributed by atoms with Crippen LogP contribution in [0, 0.1) is 6.92 Å². The van der Waals surface area contributed by atoms with Crippen LogP contribution in [0.15, 0.2) is 18.2 Å². The minimum absolute atomic E-state index is 0.805. The fraction of sp³-hybridized carbons (Fsp3) is 0.500. The van der Waals surface area contributed by atoms with Gasteiger partial charge in [-0.25, -0.2) is 0 Å². The standard InChI is InChI=1S/C12H17N/c1-9-8-11(6-7-12(9)13)10-4-2-3-5-10/h6-8,10H,2-5,13H2,1H3. The quantitative estimate of drug-likeness (QED) is 0.651. The number of rotatable bonds is 1. The van der Waals surface area contributed by atoms with Crippen molar-refractivity contribution >= 4 is 5.69 Å². The lowest BCUT2D eigenvalue weighted by Crippen LogP contribution is -1.95. The number of nitrogen functional groups attached to an aromatic ring is 1. The first-order valence-corrected chi connectivity index (χ1v) is 5.13. The van der Waals surface area contributed by atoms with Crippen molar-refractivity contribution < 1.29 is 0 Å². The summed E-state index contributed by atoms with van der Waals surface area (Å²) in [6.07, 6.45) is 5.52. The molecule has 0 saturated heterocycles. The lowest BCUT2D eigenvalue weighted by atomic mass is 9.96. The van der Waals surface area contributed by atoms with Crippen molar-refractivity contribution in [3.05, 3.63) is 29.3 Å². The summed E-state index contributed by atoms with van der Waals surface area (Å²) in [5.74, 6) is 0.805. The predicted molar refractivity (Wildman–Crippen MR) is 56.8 cm³/mol. The minimum Gasteiger partial charge on any atom is -0.399 e. The molecule has 1 fully saturated rings. The maximum Gasteiger partial charge on any atom is 0.0343 e. The molecule has 1 aromatic carbocycles. The van der Waals surface area contributed by atoms with E-state index in [0.717, 1.165) is 11.6 Å². The molecule has 70 valence electrons. The van der Waals surface area contributed by atoms with Gasteiger partial charge in [-0.05, 0) is 42.9 Å². The summed E-state index contributed by atoms with van der Waals surface area (Å²) in [6, 6.07) is 6.49. The molecule has 0 heterocycles. The Morgan fingerprint density at radius 3 is 2.54 bits per heavy atom. The molecule has 1 aromatic rings. The third-order valence-electron chi connectivity index (χ3n) is 3.12. The molecule has 2 N–H and O–H groups in total. The number of hydrogen-bond acceptors (Lipinski definition) is 1. The van der Waals surface area contributed by atoms with E-state index in [0.29, 0.717) is 0 Å². The second-order valence-electron chi connectivity index (χ2n) is 4.10. The van der Waals surface area contributed by atoms with E-state index in [1.165, 1.54) is 36.8 Å². The third kappa shape index (κ3) is 1.69. The highest BCUT2D eigenvalue weighted by Gasteiger charge is 2.16. The van der Waals surface area contributed by atoms with Crippen molar-refractivity contribution in [2.75, 3.05) is 5.73 Å². The number of benzene rings is 1. The molecular formula is C12H17N. The Morgan fingerprint density at radius 1 is 1.23 bits per heavy atom. The summed E-state index contributed by atoms with van der Waals surface area (Å²) >= 11 is 0. The van der Waals surface area contributed by atoms with E-state index < -0.39 is 0 Å². The molecular weight excluding hydrogens is 158 g/mol. The molecule has 1 nitrogen and oxygen atoms in total. The second kappa shape index (κ2) is 3.41. The van der Waals surface area contributed by atoms with E-state index in [2.05, 4.69) is 19.1 Å². The molecule has 0 aromatic heterocycles. The third-order valence-corrected chi connectivity index (χ3v) is 3.12. The second-order valence-corrected chi connectivity index (χ2v) is 4.10. The van der Waals surface area contributed by atoms with Crippen LogP contribution < -0.4 is 5.73 Å². The highest BCUT2D eigenvalue weighted by Crippen LogP contribution is 2.34. The van der Waals surface area contributed by atoms with Gasteiger partial charge in [0.05, 0.1) is 0 Å². The van der Waals surface area contributed by atoms with Gasteiger partial charge in [0.25, 0.3) is 0 Å². The van der Waals surface area contributed by atoms with E-state index in [-0.39, 0.29) is 0 Å². The van der Waals surface area contributed by atoms with Crippen LogP contribution in [0.3, 0.4) is 0 Å². The zero-order valence-corrected chi connectivity index (χ0v) is 8.22.